The largest absolute Gasteiger partial charge is 0.396 e. The van der Waals surface area contributed by atoms with Crippen LogP contribution in [0.4, 0.5) is 0 Å². The zero-order chi connectivity index (χ0) is 13.3. The molecule has 0 saturated heterocycles. The molecule has 0 aliphatic heterocycles. The van der Waals surface area contributed by atoms with E-state index in [0.29, 0.717) is 18.4 Å². The summed E-state index contributed by atoms with van der Waals surface area (Å²) in [7, 11) is 0. The van der Waals surface area contributed by atoms with E-state index in [9.17, 15) is 5.11 Å². The van der Waals surface area contributed by atoms with E-state index >= 15 is 0 Å². The van der Waals surface area contributed by atoms with E-state index in [1.807, 2.05) is 0 Å². The van der Waals surface area contributed by atoms with E-state index in [-0.39, 0.29) is 0 Å². The van der Waals surface area contributed by atoms with E-state index in [0.717, 1.165) is 19.5 Å². The molecule has 1 fully saturated rings. The molecule has 19 heavy (non-hydrogen) atoms. The van der Waals surface area contributed by atoms with Gasteiger partial charge in [0.05, 0.1) is 0 Å². The lowest BCUT2D eigenvalue weighted by atomic mass is 9.79. The minimum Gasteiger partial charge on any atom is -0.396 e. The Hall–Kier alpha value is -0.860. The average molecular weight is 261 g/mol. The van der Waals surface area contributed by atoms with Crippen LogP contribution in [0.15, 0.2) is 30.3 Å². The van der Waals surface area contributed by atoms with Gasteiger partial charge in [0.15, 0.2) is 0 Å². The summed E-state index contributed by atoms with van der Waals surface area (Å²) in [4.78, 5) is 0. The Bertz CT molecular complexity index is 338. The summed E-state index contributed by atoms with van der Waals surface area (Å²) in [6.45, 7) is 2.54. The highest BCUT2D eigenvalue weighted by atomic mass is 16.3. The van der Waals surface area contributed by atoms with Crippen LogP contribution < -0.4 is 5.32 Å². The summed E-state index contributed by atoms with van der Waals surface area (Å²) in [5.41, 5.74) is 1.43. The summed E-state index contributed by atoms with van der Waals surface area (Å²) in [5.74, 6) is 1.23. The third-order valence-electron chi connectivity index (χ3n) is 4.37. The van der Waals surface area contributed by atoms with Crippen molar-refractivity contribution in [2.75, 3.05) is 19.7 Å². The molecule has 1 aromatic rings. The minimum atomic E-state index is 0.371. The van der Waals surface area contributed by atoms with Crippen molar-refractivity contribution in [2.24, 2.45) is 11.8 Å². The molecule has 2 atom stereocenters. The lowest BCUT2D eigenvalue weighted by Gasteiger charge is -2.30. The molecule has 2 unspecified atom stereocenters. The first kappa shape index (κ1) is 14.5. The fraction of sp³-hybridized carbons (Fsp3) is 0.647. The SMILES string of the molecule is OCC1CCCCC1CNCCCc1ccccc1. The van der Waals surface area contributed by atoms with E-state index < -0.39 is 0 Å². The standard InChI is InChI=1S/C17H27NO/c19-14-17-11-5-4-10-16(17)13-18-12-6-9-15-7-2-1-3-8-15/h1-3,7-8,16-19H,4-6,9-14H2. The number of hydrogen-bond donors (Lipinski definition) is 2. The zero-order valence-electron chi connectivity index (χ0n) is 11.9. The van der Waals surface area contributed by atoms with Crippen LogP contribution in [0, 0.1) is 11.8 Å². The molecule has 1 aliphatic rings. The van der Waals surface area contributed by atoms with Gasteiger partial charge in [0.25, 0.3) is 0 Å². The fourth-order valence-corrected chi connectivity index (χ4v) is 3.14. The van der Waals surface area contributed by atoms with Crippen LogP contribution in [-0.4, -0.2) is 24.8 Å². The van der Waals surface area contributed by atoms with Crippen molar-refractivity contribution in [2.45, 2.75) is 38.5 Å². The van der Waals surface area contributed by atoms with Crippen molar-refractivity contribution in [1.29, 1.82) is 0 Å². The molecular formula is C17H27NO. The van der Waals surface area contributed by atoms with Crippen LogP contribution in [0.2, 0.25) is 0 Å². The first-order chi connectivity index (χ1) is 9.40. The molecular weight excluding hydrogens is 234 g/mol. The maximum absolute atomic E-state index is 9.39. The number of rotatable bonds is 7. The smallest absolute Gasteiger partial charge is 0.0462 e. The second-order valence-electron chi connectivity index (χ2n) is 5.78. The van der Waals surface area contributed by atoms with Gasteiger partial charge in [-0.25, -0.2) is 0 Å². The molecule has 2 nitrogen and oxygen atoms in total. The first-order valence-corrected chi connectivity index (χ1v) is 7.75. The van der Waals surface area contributed by atoms with Gasteiger partial charge in [-0.1, -0.05) is 43.2 Å². The molecule has 0 amide bonds. The molecule has 2 N–H and O–H groups in total. The van der Waals surface area contributed by atoms with Crippen molar-refractivity contribution < 1.29 is 5.11 Å². The van der Waals surface area contributed by atoms with E-state index in [2.05, 4.69) is 35.6 Å². The van der Waals surface area contributed by atoms with Crippen molar-refractivity contribution >= 4 is 0 Å². The Morgan fingerprint density at radius 1 is 1.05 bits per heavy atom. The Labute approximate surface area is 117 Å². The molecule has 1 aliphatic carbocycles. The summed E-state index contributed by atoms with van der Waals surface area (Å²) in [6, 6.07) is 10.7. The Morgan fingerprint density at radius 3 is 2.53 bits per heavy atom. The van der Waals surface area contributed by atoms with Crippen LogP contribution in [0.25, 0.3) is 0 Å². The third-order valence-corrected chi connectivity index (χ3v) is 4.37. The molecule has 2 rings (SSSR count). The van der Waals surface area contributed by atoms with Crippen LogP contribution in [0.3, 0.4) is 0 Å². The van der Waals surface area contributed by atoms with Crippen molar-refractivity contribution in [1.82, 2.24) is 5.32 Å². The molecule has 106 valence electrons. The zero-order valence-corrected chi connectivity index (χ0v) is 11.9. The minimum absolute atomic E-state index is 0.371. The van der Waals surface area contributed by atoms with Crippen molar-refractivity contribution in [3.05, 3.63) is 35.9 Å². The summed E-state index contributed by atoms with van der Waals surface area (Å²) in [6.07, 6.45) is 7.49. The van der Waals surface area contributed by atoms with Gasteiger partial charge in [0.2, 0.25) is 0 Å². The van der Waals surface area contributed by atoms with E-state index in [1.54, 1.807) is 0 Å². The van der Waals surface area contributed by atoms with Crippen LogP contribution in [0.5, 0.6) is 0 Å². The quantitative estimate of drug-likeness (QED) is 0.740. The Kier molecular flexibility index (Phi) is 6.38. The molecule has 2 heteroatoms. The predicted octanol–water partition coefficient (Wildman–Crippen LogP) is 3.01. The maximum atomic E-state index is 9.39. The maximum Gasteiger partial charge on any atom is 0.0462 e. The second-order valence-corrected chi connectivity index (χ2v) is 5.78. The van der Waals surface area contributed by atoms with Crippen LogP contribution >= 0.6 is 0 Å². The van der Waals surface area contributed by atoms with Gasteiger partial charge in [-0.05, 0) is 56.2 Å². The highest BCUT2D eigenvalue weighted by Gasteiger charge is 2.23. The second kappa shape index (κ2) is 8.34. The number of aryl methyl sites for hydroxylation is 1. The highest BCUT2D eigenvalue weighted by molar-refractivity contribution is 5.14. The number of hydrogen-bond acceptors (Lipinski definition) is 2. The summed E-state index contributed by atoms with van der Waals surface area (Å²) in [5, 5.41) is 13.0. The summed E-state index contributed by atoms with van der Waals surface area (Å²) >= 11 is 0. The Morgan fingerprint density at radius 2 is 1.79 bits per heavy atom. The van der Waals surface area contributed by atoms with Gasteiger partial charge in [0.1, 0.15) is 0 Å². The lowest BCUT2D eigenvalue weighted by molar-refractivity contribution is 0.133. The van der Waals surface area contributed by atoms with Crippen molar-refractivity contribution in [3.8, 4) is 0 Å². The number of aliphatic hydroxyl groups is 1. The first-order valence-electron chi connectivity index (χ1n) is 7.75. The molecule has 0 bridgehead atoms. The number of benzene rings is 1. The molecule has 0 aromatic heterocycles. The summed E-state index contributed by atoms with van der Waals surface area (Å²) < 4.78 is 0. The predicted molar refractivity (Wildman–Crippen MR) is 80.2 cm³/mol. The van der Waals surface area contributed by atoms with Gasteiger partial charge >= 0.3 is 0 Å². The molecule has 1 aromatic carbocycles. The third kappa shape index (κ3) is 4.96. The Balaban J connectivity index is 1.58. The number of aliphatic hydroxyl groups excluding tert-OH is 1. The molecule has 1 saturated carbocycles. The average Bonchev–Trinajstić information content (AvgIpc) is 2.48. The molecule has 0 spiro atoms. The van der Waals surface area contributed by atoms with Gasteiger partial charge < -0.3 is 10.4 Å². The van der Waals surface area contributed by atoms with Crippen molar-refractivity contribution in [3.63, 3.8) is 0 Å². The molecule has 0 heterocycles. The van der Waals surface area contributed by atoms with Gasteiger partial charge in [-0.15, -0.1) is 0 Å². The fourth-order valence-electron chi connectivity index (χ4n) is 3.14. The van der Waals surface area contributed by atoms with E-state index in [1.165, 1.54) is 37.7 Å². The van der Waals surface area contributed by atoms with Gasteiger partial charge in [0, 0.05) is 6.61 Å². The van der Waals surface area contributed by atoms with Gasteiger partial charge in [-0.2, -0.15) is 0 Å². The van der Waals surface area contributed by atoms with E-state index in [4.69, 9.17) is 0 Å². The lowest BCUT2D eigenvalue weighted by Crippen LogP contribution is -2.32. The van der Waals surface area contributed by atoms with Crippen LogP contribution in [-0.2, 0) is 6.42 Å². The number of nitrogens with one attached hydrogen (secondary N) is 1. The monoisotopic (exact) mass is 261 g/mol. The molecule has 0 radical (unpaired) electrons. The van der Waals surface area contributed by atoms with Crippen LogP contribution in [0.1, 0.15) is 37.7 Å². The normalized spacial score (nSPS) is 23.4. The van der Waals surface area contributed by atoms with Gasteiger partial charge in [-0.3, -0.25) is 0 Å². The topological polar surface area (TPSA) is 32.3 Å². The highest BCUT2D eigenvalue weighted by Crippen LogP contribution is 2.28.